The van der Waals surface area contributed by atoms with Crippen molar-refractivity contribution in [3.05, 3.63) is 30.1 Å². The van der Waals surface area contributed by atoms with Crippen LogP contribution in [0.1, 0.15) is 19.5 Å². The molecule has 0 bridgehead atoms. The van der Waals surface area contributed by atoms with Crippen molar-refractivity contribution >= 4 is 5.96 Å². The maximum absolute atomic E-state index is 5.10. The molecule has 1 aromatic rings. The van der Waals surface area contributed by atoms with Gasteiger partial charge in [-0.2, -0.15) is 0 Å². The highest BCUT2D eigenvalue weighted by Gasteiger charge is 2.03. The Bertz CT molecular complexity index is 367. The number of guanidine groups is 1. The third-order valence-corrected chi connectivity index (χ3v) is 2.51. The number of pyridine rings is 1. The van der Waals surface area contributed by atoms with E-state index in [0.717, 1.165) is 24.6 Å². The van der Waals surface area contributed by atoms with Gasteiger partial charge in [-0.15, -0.1) is 0 Å². The molecule has 1 aromatic heterocycles. The summed E-state index contributed by atoms with van der Waals surface area (Å²) in [6.45, 7) is 6.33. The Morgan fingerprint density at radius 1 is 1.47 bits per heavy atom. The summed E-state index contributed by atoms with van der Waals surface area (Å²) in [5.41, 5.74) is 1.06. The smallest absolute Gasteiger partial charge is 0.191 e. The van der Waals surface area contributed by atoms with Crippen LogP contribution in [-0.2, 0) is 11.2 Å². The molecule has 0 fully saturated rings. The molecule has 0 saturated carbocycles. The first-order valence-electron chi connectivity index (χ1n) is 6.70. The number of aromatic nitrogens is 1. The largest absolute Gasteiger partial charge is 0.383 e. The molecule has 1 rings (SSSR count). The van der Waals surface area contributed by atoms with Crippen LogP contribution in [0.4, 0.5) is 0 Å². The molecular formula is C14H24N4O. The zero-order valence-corrected chi connectivity index (χ0v) is 12.0. The van der Waals surface area contributed by atoms with E-state index in [0.29, 0.717) is 13.2 Å². The van der Waals surface area contributed by atoms with E-state index in [4.69, 9.17) is 4.74 Å². The minimum Gasteiger partial charge on any atom is -0.383 e. The molecule has 0 saturated heterocycles. The summed E-state index contributed by atoms with van der Waals surface area (Å²) in [6, 6.07) is 6.17. The molecule has 0 aliphatic heterocycles. The predicted molar refractivity (Wildman–Crippen MR) is 78.4 cm³/mol. The lowest BCUT2D eigenvalue weighted by Crippen LogP contribution is -2.44. The van der Waals surface area contributed by atoms with Gasteiger partial charge in [-0.1, -0.05) is 6.07 Å². The maximum Gasteiger partial charge on any atom is 0.191 e. The van der Waals surface area contributed by atoms with Crippen molar-refractivity contribution in [3.63, 3.8) is 0 Å². The molecule has 0 spiro atoms. The fourth-order valence-corrected chi connectivity index (χ4v) is 1.67. The van der Waals surface area contributed by atoms with Crippen LogP contribution in [0.2, 0.25) is 0 Å². The summed E-state index contributed by atoms with van der Waals surface area (Å²) in [4.78, 5) is 8.81. The van der Waals surface area contributed by atoms with Crippen LogP contribution in [0.25, 0.3) is 0 Å². The molecule has 5 heteroatoms. The first-order valence-corrected chi connectivity index (χ1v) is 6.70. The molecule has 19 heavy (non-hydrogen) atoms. The van der Waals surface area contributed by atoms with Gasteiger partial charge in [0.05, 0.1) is 6.61 Å². The molecule has 0 aliphatic rings. The number of nitrogens with one attached hydrogen (secondary N) is 2. The average molecular weight is 264 g/mol. The summed E-state index contributed by atoms with van der Waals surface area (Å²) < 4.78 is 5.10. The summed E-state index contributed by atoms with van der Waals surface area (Å²) in [6.07, 6.45) is 2.65. The number of hydrogen-bond donors (Lipinski definition) is 2. The van der Waals surface area contributed by atoms with Gasteiger partial charge in [0.15, 0.2) is 5.96 Å². The Kier molecular flexibility index (Phi) is 7.58. The van der Waals surface area contributed by atoms with Crippen LogP contribution in [0.15, 0.2) is 29.4 Å². The van der Waals surface area contributed by atoms with Crippen molar-refractivity contribution in [1.82, 2.24) is 15.6 Å². The SMILES string of the molecule is CCNC(=NCCc1ccccn1)NC(C)COC. The molecule has 106 valence electrons. The van der Waals surface area contributed by atoms with Gasteiger partial charge in [0.1, 0.15) is 0 Å². The van der Waals surface area contributed by atoms with Crippen molar-refractivity contribution < 1.29 is 4.74 Å². The second kappa shape index (κ2) is 9.33. The maximum atomic E-state index is 5.10. The Labute approximate surface area is 115 Å². The van der Waals surface area contributed by atoms with E-state index in [1.807, 2.05) is 24.4 Å². The van der Waals surface area contributed by atoms with E-state index in [2.05, 4.69) is 34.5 Å². The summed E-state index contributed by atoms with van der Waals surface area (Å²) in [5.74, 6) is 0.822. The van der Waals surface area contributed by atoms with Crippen molar-refractivity contribution in [2.24, 2.45) is 4.99 Å². The van der Waals surface area contributed by atoms with E-state index >= 15 is 0 Å². The molecule has 1 unspecified atom stereocenters. The quantitative estimate of drug-likeness (QED) is 0.574. The van der Waals surface area contributed by atoms with Gasteiger partial charge in [-0.05, 0) is 26.0 Å². The second-order valence-corrected chi connectivity index (χ2v) is 4.33. The number of ether oxygens (including phenoxy) is 1. The van der Waals surface area contributed by atoms with E-state index in [1.165, 1.54) is 0 Å². The molecular weight excluding hydrogens is 240 g/mol. The summed E-state index contributed by atoms with van der Waals surface area (Å²) in [5, 5.41) is 6.52. The Hall–Kier alpha value is -1.62. The van der Waals surface area contributed by atoms with Crippen LogP contribution in [-0.4, -0.2) is 43.8 Å². The van der Waals surface area contributed by atoms with Gasteiger partial charge in [0.2, 0.25) is 0 Å². The lowest BCUT2D eigenvalue weighted by molar-refractivity contribution is 0.179. The van der Waals surface area contributed by atoms with Gasteiger partial charge >= 0.3 is 0 Å². The van der Waals surface area contributed by atoms with Gasteiger partial charge in [0, 0.05) is 44.6 Å². The van der Waals surface area contributed by atoms with E-state index in [1.54, 1.807) is 7.11 Å². The molecule has 2 N–H and O–H groups in total. The van der Waals surface area contributed by atoms with Gasteiger partial charge in [-0.3, -0.25) is 9.98 Å². The van der Waals surface area contributed by atoms with Gasteiger partial charge < -0.3 is 15.4 Å². The van der Waals surface area contributed by atoms with Crippen molar-refractivity contribution in [1.29, 1.82) is 0 Å². The third-order valence-electron chi connectivity index (χ3n) is 2.51. The molecule has 0 radical (unpaired) electrons. The fourth-order valence-electron chi connectivity index (χ4n) is 1.67. The number of aliphatic imine (C=N–C) groups is 1. The van der Waals surface area contributed by atoms with Crippen molar-refractivity contribution in [3.8, 4) is 0 Å². The normalized spacial score (nSPS) is 13.1. The second-order valence-electron chi connectivity index (χ2n) is 4.33. The van der Waals surface area contributed by atoms with Crippen LogP contribution in [0, 0.1) is 0 Å². The minimum absolute atomic E-state index is 0.234. The first-order chi connectivity index (χ1) is 9.26. The highest BCUT2D eigenvalue weighted by Crippen LogP contribution is 1.94. The topological polar surface area (TPSA) is 58.5 Å². The molecule has 1 heterocycles. The highest BCUT2D eigenvalue weighted by atomic mass is 16.5. The number of methoxy groups -OCH3 is 1. The third kappa shape index (κ3) is 6.76. The van der Waals surface area contributed by atoms with E-state index in [-0.39, 0.29) is 6.04 Å². The number of nitrogens with zero attached hydrogens (tertiary/aromatic N) is 2. The van der Waals surface area contributed by atoms with Crippen LogP contribution >= 0.6 is 0 Å². The van der Waals surface area contributed by atoms with Crippen molar-refractivity contribution in [2.75, 3.05) is 26.8 Å². The van der Waals surface area contributed by atoms with Crippen LogP contribution in [0.3, 0.4) is 0 Å². The monoisotopic (exact) mass is 264 g/mol. The Morgan fingerprint density at radius 2 is 2.32 bits per heavy atom. The molecule has 5 nitrogen and oxygen atoms in total. The molecule has 1 atom stereocenters. The lowest BCUT2D eigenvalue weighted by Gasteiger charge is -2.16. The summed E-state index contributed by atoms with van der Waals surface area (Å²) >= 11 is 0. The Balaban J connectivity index is 2.44. The zero-order valence-electron chi connectivity index (χ0n) is 12.0. The molecule has 0 aromatic carbocycles. The standard InChI is InChI=1S/C14H24N4O/c1-4-15-14(18-12(2)11-19-3)17-10-8-13-7-5-6-9-16-13/h5-7,9,12H,4,8,10-11H2,1-3H3,(H2,15,17,18). The fraction of sp³-hybridized carbons (Fsp3) is 0.571. The molecule has 0 aliphatic carbocycles. The number of rotatable bonds is 7. The minimum atomic E-state index is 0.234. The van der Waals surface area contributed by atoms with Crippen molar-refractivity contribution in [2.45, 2.75) is 26.3 Å². The molecule has 0 amide bonds. The summed E-state index contributed by atoms with van der Waals surface area (Å²) in [7, 11) is 1.70. The Morgan fingerprint density at radius 3 is 2.95 bits per heavy atom. The van der Waals surface area contributed by atoms with Crippen LogP contribution < -0.4 is 10.6 Å². The van der Waals surface area contributed by atoms with Gasteiger partial charge in [0.25, 0.3) is 0 Å². The predicted octanol–water partition coefficient (Wildman–Crippen LogP) is 1.21. The zero-order chi connectivity index (χ0) is 13.9. The van der Waals surface area contributed by atoms with Crippen LogP contribution in [0.5, 0.6) is 0 Å². The lowest BCUT2D eigenvalue weighted by atomic mass is 10.3. The van der Waals surface area contributed by atoms with E-state index in [9.17, 15) is 0 Å². The average Bonchev–Trinajstić information content (AvgIpc) is 2.40. The van der Waals surface area contributed by atoms with E-state index < -0.39 is 0 Å². The highest BCUT2D eigenvalue weighted by molar-refractivity contribution is 5.80. The number of hydrogen-bond acceptors (Lipinski definition) is 3. The first kappa shape index (κ1) is 15.4. The van der Waals surface area contributed by atoms with Gasteiger partial charge in [-0.25, -0.2) is 0 Å².